The third-order valence-corrected chi connectivity index (χ3v) is 5.11. The summed E-state index contributed by atoms with van der Waals surface area (Å²) < 4.78 is 0. The number of nitrogens with zero attached hydrogens (tertiary/aromatic N) is 2. The lowest BCUT2D eigenvalue weighted by Crippen LogP contribution is -2.20. The van der Waals surface area contributed by atoms with Crippen LogP contribution in [-0.2, 0) is 13.0 Å². The zero-order valence-electron chi connectivity index (χ0n) is 12.8. The Labute approximate surface area is 131 Å². The van der Waals surface area contributed by atoms with Crippen LogP contribution in [0.1, 0.15) is 34.9 Å². The van der Waals surface area contributed by atoms with Crippen LogP contribution in [0.3, 0.4) is 0 Å². The number of anilines is 1. The van der Waals surface area contributed by atoms with Crippen LogP contribution in [0, 0.1) is 0 Å². The van der Waals surface area contributed by atoms with E-state index >= 15 is 0 Å². The summed E-state index contributed by atoms with van der Waals surface area (Å²) in [6, 6.07) is 10.7. The quantitative estimate of drug-likeness (QED) is 0.849. The van der Waals surface area contributed by atoms with Gasteiger partial charge in [0.25, 0.3) is 0 Å². The lowest BCUT2D eigenvalue weighted by Gasteiger charge is -2.15. The van der Waals surface area contributed by atoms with E-state index in [1.54, 1.807) is 0 Å². The summed E-state index contributed by atoms with van der Waals surface area (Å²) in [6.07, 6.45) is 3.69. The number of aromatic nitrogens is 1. The van der Waals surface area contributed by atoms with E-state index in [0.29, 0.717) is 0 Å². The van der Waals surface area contributed by atoms with Crippen molar-refractivity contribution in [1.82, 2.24) is 10.3 Å². The largest absolute Gasteiger partial charge is 0.351 e. The summed E-state index contributed by atoms with van der Waals surface area (Å²) >= 11 is 1.85. The molecule has 1 saturated carbocycles. The molecule has 0 atom stereocenters. The Morgan fingerprint density at radius 1 is 1.29 bits per heavy atom. The number of benzene rings is 1. The molecule has 3 rings (SSSR count). The molecule has 1 N–H and O–H groups in total. The molecular formula is C17H23N3S. The minimum atomic E-state index is 0.723. The maximum Gasteiger partial charge on any atom is 0.185 e. The molecule has 0 spiro atoms. The first-order chi connectivity index (χ1) is 10.3. The lowest BCUT2D eigenvalue weighted by molar-refractivity contribution is 0.811. The van der Waals surface area contributed by atoms with Gasteiger partial charge in [-0.15, -0.1) is 11.3 Å². The molecule has 0 amide bonds. The maximum absolute atomic E-state index is 4.91. The molecule has 0 saturated heterocycles. The number of rotatable bonds is 7. The highest BCUT2D eigenvalue weighted by Gasteiger charge is 2.29. The molecule has 2 aromatic rings. The van der Waals surface area contributed by atoms with E-state index in [2.05, 4.69) is 47.6 Å². The first-order valence-corrected chi connectivity index (χ1v) is 8.49. The van der Waals surface area contributed by atoms with Gasteiger partial charge in [-0.05, 0) is 31.9 Å². The highest BCUT2D eigenvalue weighted by Crippen LogP contribution is 2.44. The highest BCUT2D eigenvalue weighted by atomic mass is 32.1. The van der Waals surface area contributed by atoms with Gasteiger partial charge in [0.1, 0.15) is 0 Å². The summed E-state index contributed by atoms with van der Waals surface area (Å²) in [7, 11) is 4.16. The van der Waals surface area contributed by atoms with Gasteiger partial charge in [0.15, 0.2) is 5.13 Å². The molecule has 1 aliphatic carbocycles. The average molecular weight is 301 g/mol. The second kappa shape index (κ2) is 6.58. The molecule has 1 aromatic carbocycles. The Morgan fingerprint density at radius 2 is 2.05 bits per heavy atom. The van der Waals surface area contributed by atoms with E-state index in [-0.39, 0.29) is 0 Å². The fourth-order valence-electron chi connectivity index (χ4n) is 2.51. The van der Waals surface area contributed by atoms with Gasteiger partial charge < -0.3 is 10.2 Å². The minimum absolute atomic E-state index is 0.723. The Morgan fingerprint density at radius 3 is 2.71 bits per heavy atom. The SMILES string of the molecule is CNCc1sc(N(C)CCc2ccccc2)nc1C1CC1. The zero-order chi connectivity index (χ0) is 14.7. The van der Waals surface area contributed by atoms with Gasteiger partial charge >= 0.3 is 0 Å². The van der Waals surface area contributed by atoms with E-state index < -0.39 is 0 Å². The van der Waals surface area contributed by atoms with E-state index in [0.717, 1.165) is 30.6 Å². The molecule has 1 fully saturated rings. The molecule has 0 unspecified atom stereocenters. The smallest absolute Gasteiger partial charge is 0.185 e. The standard InChI is InChI=1S/C17H23N3S/c1-18-12-15-16(14-8-9-14)19-17(21-15)20(2)11-10-13-6-4-3-5-7-13/h3-7,14,18H,8-12H2,1-2H3. The van der Waals surface area contributed by atoms with Gasteiger partial charge in [0.05, 0.1) is 5.69 Å². The number of thiazole rings is 1. The molecule has 112 valence electrons. The van der Waals surface area contributed by atoms with Crippen molar-refractivity contribution in [3.05, 3.63) is 46.5 Å². The van der Waals surface area contributed by atoms with Crippen LogP contribution in [-0.4, -0.2) is 25.6 Å². The van der Waals surface area contributed by atoms with E-state index in [1.807, 2.05) is 18.4 Å². The summed E-state index contributed by atoms with van der Waals surface area (Å²) in [4.78, 5) is 8.62. The molecule has 0 radical (unpaired) electrons. The summed E-state index contributed by atoms with van der Waals surface area (Å²) in [5, 5.41) is 4.43. The topological polar surface area (TPSA) is 28.2 Å². The molecule has 1 heterocycles. The fraction of sp³-hybridized carbons (Fsp3) is 0.471. The fourth-order valence-corrected chi connectivity index (χ4v) is 3.66. The van der Waals surface area contributed by atoms with Crippen molar-refractivity contribution in [2.24, 2.45) is 0 Å². The van der Waals surface area contributed by atoms with E-state index in [1.165, 1.54) is 29.0 Å². The molecule has 21 heavy (non-hydrogen) atoms. The summed E-state index contributed by atoms with van der Waals surface area (Å²) in [5.41, 5.74) is 2.73. The Hall–Kier alpha value is -1.39. The first kappa shape index (κ1) is 14.5. The number of hydrogen-bond donors (Lipinski definition) is 1. The predicted octanol–water partition coefficient (Wildman–Crippen LogP) is 3.42. The van der Waals surface area contributed by atoms with E-state index in [9.17, 15) is 0 Å². The van der Waals surface area contributed by atoms with Gasteiger partial charge in [-0.25, -0.2) is 4.98 Å². The molecule has 1 aromatic heterocycles. The highest BCUT2D eigenvalue weighted by molar-refractivity contribution is 7.15. The minimum Gasteiger partial charge on any atom is -0.351 e. The zero-order valence-corrected chi connectivity index (χ0v) is 13.6. The second-order valence-electron chi connectivity index (χ2n) is 5.77. The number of nitrogens with one attached hydrogen (secondary N) is 1. The third-order valence-electron chi connectivity index (χ3n) is 3.92. The average Bonchev–Trinajstić information content (AvgIpc) is 3.27. The van der Waals surface area contributed by atoms with Crippen molar-refractivity contribution in [2.75, 3.05) is 25.5 Å². The van der Waals surface area contributed by atoms with Crippen LogP contribution in [0.25, 0.3) is 0 Å². The molecule has 4 heteroatoms. The number of likely N-dealkylation sites (N-methyl/N-ethyl adjacent to an activating group) is 1. The lowest BCUT2D eigenvalue weighted by atomic mass is 10.1. The van der Waals surface area contributed by atoms with Crippen molar-refractivity contribution in [2.45, 2.75) is 31.7 Å². The van der Waals surface area contributed by atoms with Crippen molar-refractivity contribution in [3.8, 4) is 0 Å². The van der Waals surface area contributed by atoms with Crippen LogP contribution < -0.4 is 10.2 Å². The van der Waals surface area contributed by atoms with E-state index in [4.69, 9.17) is 4.98 Å². The third kappa shape index (κ3) is 3.63. The maximum atomic E-state index is 4.91. The van der Waals surface area contributed by atoms with Gasteiger partial charge in [0.2, 0.25) is 0 Å². The van der Waals surface area contributed by atoms with Crippen molar-refractivity contribution >= 4 is 16.5 Å². The van der Waals surface area contributed by atoms with Crippen molar-refractivity contribution < 1.29 is 0 Å². The normalized spacial score (nSPS) is 14.4. The Balaban J connectivity index is 1.66. The molecule has 1 aliphatic rings. The number of hydrogen-bond acceptors (Lipinski definition) is 4. The second-order valence-corrected chi connectivity index (χ2v) is 6.83. The van der Waals surface area contributed by atoms with Gasteiger partial charge in [-0.2, -0.15) is 0 Å². The molecular weight excluding hydrogens is 278 g/mol. The van der Waals surface area contributed by atoms with Crippen LogP contribution >= 0.6 is 11.3 Å². The van der Waals surface area contributed by atoms with Gasteiger partial charge in [-0.3, -0.25) is 0 Å². The van der Waals surface area contributed by atoms with Crippen LogP contribution in [0.2, 0.25) is 0 Å². The predicted molar refractivity (Wildman–Crippen MR) is 90.3 cm³/mol. The van der Waals surface area contributed by atoms with Crippen molar-refractivity contribution in [1.29, 1.82) is 0 Å². The van der Waals surface area contributed by atoms with Gasteiger partial charge in [-0.1, -0.05) is 30.3 Å². The molecule has 0 bridgehead atoms. The molecule has 0 aliphatic heterocycles. The molecule has 3 nitrogen and oxygen atoms in total. The van der Waals surface area contributed by atoms with Crippen molar-refractivity contribution in [3.63, 3.8) is 0 Å². The Kier molecular flexibility index (Phi) is 4.56. The first-order valence-electron chi connectivity index (χ1n) is 7.67. The Bertz CT molecular complexity index is 575. The van der Waals surface area contributed by atoms with Crippen LogP contribution in [0.5, 0.6) is 0 Å². The summed E-state index contributed by atoms with van der Waals surface area (Å²) in [6.45, 7) is 1.96. The van der Waals surface area contributed by atoms with Crippen LogP contribution in [0.15, 0.2) is 30.3 Å². The summed E-state index contributed by atoms with van der Waals surface area (Å²) in [5.74, 6) is 0.723. The van der Waals surface area contributed by atoms with Crippen LogP contribution in [0.4, 0.5) is 5.13 Å². The monoisotopic (exact) mass is 301 g/mol. The van der Waals surface area contributed by atoms with Gasteiger partial charge in [0, 0.05) is 30.9 Å².